The molecule has 0 bridgehead atoms. The first-order chi connectivity index (χ1) is 17.7. The highest BCUT2D eigenvalue weighted by Gasteiger charge is 2.40. The van der Waals surface area contributed by atoms with Gasteiger partial charge in [0.25, 0.3) is 5.56 Å². The maximum atomic E-state index is 12.8. The summed E-state index contributed by atoms with van der Waals surface area (Å²) in [5, 5.41) is 0.913. The molecule has 0 saturated carbocycles. The number of hydrogen-bond acceptors (Lipinski definition) is 7. The molecule has 12 heteroatoms. The number of rotatable bonds is 6. The number of hydrogen-bond donors (Lipinski definition) is 1. The van der Waals surface area contributed by atoms with Gasteiger partial charge in [0, 0.05) is 38.6 Å². The van der Waals surface area contributed by atoms with Gasteiger partial charge in [0.05, 0.1) is 11.1 Å². The molecule has 0 amide bonds. The standard InChI is InChI=1S/C25H17BrCl2N2O7/c26-10-9-16-12-30(25(34)29-22(16)31)21-11-19(37-24(33)15-3-7-18(28)8-4-15)20(36-21)13-35-23(32)14-1-5-17(27)6-2-14/h1-8,12,19-21H,11,13H2,(H,29,31,34)/t19-,20+,21-/m0/s1. The van der Waals surface area contributed by atoms with Crippen molar-refractivity contribution in [2.24, 2.45) is 0 Å². The normalized spacial score (nSPS) is 18.5. The smallest absolute Gasteiger partial charge is 0.338 e. The molecular formula is C25H17BrCl2N2O7. The molecule has 1 aromatic heterocycles. The van der Waals surface area contributed by atoms with Crippen LogP contribution in [0.1, 0.15) is 38.9 Å². The van der Waals surface area contributed by atoms with E-state index in [1.807, 2.05) is 0 Å². The molecule has 37 heavy (non-hydrogen) atoms. The number of nitrogens with one attached hydrogen (secondary N) is 1. The number of ether oxygens (including phenoxy) is 3. The van der Waals surface area contributed by atoms with Gasteiger partial charge in [0.15, 0.2) is 0 Å². The summed E-state index contributed by atoms with van der Waals surface area (Å²) in [6.45, 7) is -0.275. The van der Waals surface area contributed by atoms with Gasteiger partial charge in [-0.2, -0.15) is 0 Å². The Bertz CT molecular complexity index is 1490. The molecule has 0 spiro atoms. The summed E-state index contributed by atoms with van der Waals surface area (Å²) >= 11 is 14.7. The van der Waals surface area contributed by atoms with Gasteiger partial charge in [0.1, 0.15) is 30.6 Å². The lowest BCUT2D eigenvalue weighted by molar-refractivity contribution is -0.0582. The lowest BCUT2D eigenvalue weighted by atomic mass is 10.1. The van der Waals surface area contributed by atoms with E-state index in [0.717, 1.165) is 4.57 Å². The molecule has 190 valence electrons. The van der Waals surface area contributed by atoms with Crippen LogP contribution >= 0.6 is 39.1 Å². The van der Waals surface area contributed by atoms with Gasteiger partial charge in [-0.1, -0.05) is 23.2 Å². The van der Waals surface area contributed by atoms with Crippen LogP contribution in [0, 0.1) is 10.8 Å². The van der Waals surface area contributed by atoms with Crippen molar-refractivity contribution in [1.82, 2.24) is 9.55 Å². The van der Waals surface area contributed by atoms with Gasteiger partial charge in [-0.3, -0.25) is 14.3 Å². The van der Waals surface area contributed by atoms with Crippen LogP contribution < -0.4 is 11.2 Å². The number of carbonyl (C=O) groups excluding carboxylic acids is 2. The fourth-order valence-corrected chi connectivity index (χ4v) is 4.07. The molecule has 1 aliphatic rings. The Labute approximate surface area is 228 Å². The number of nitrogens with zero attached hydrogens (tertiary/aromatic N) is 1. The number of benzene rings is 2. The molecule has 2 heterocycles. The third-order valence-electron chi connectivity index (χ3n) is 5.44. The fourth-order valence-electron chi connectivity index (χ4n) is 3.60. The van der Waals surface area contributed by atoms with Gasteiger partial charge < -0.3 is 14.2 Å². The van der Waals surface area contributed by atoms with Crippen molar-refractivity contribution in [2.75, 3.05) is 6.61 Å². The summed E-state index contributed by atoms with van der Waals surface area (Å²) in [5.41, 5.74) is -0.862. The van der Waals surface area contributed by atoms with Gasteiger partial charge in [-0.05, 0) is 59.3 Å². The highest BCUT2D eigenvalue weighted by molar-refractivity contribution is 9.12. The zero-order valence-corrected chi connectivity index (χ0v) is 21.9. The molecule has 3 atom stereocenters. The molecule has 0 unspecified atom stereocenters. The number of H-pyrrole nitrogens is 1. The second-order valence-electron chi connectivity index (χ2n) is 7.85. The third-order valence-corrected chi connectivity index (χ3v) is 6.14. The second-order valence-corrected chi connectivity index (χ2v) is 9.12. The van der Waals surface area contributed by atoms with Gasteiger partial charge in [0.2, 0.25) is 0 Å². The van der Waals surface area contributed by atoms with Gasteiger partial charge in [-0.25, -0.2) is 14.4 Å². The lowest BCUT2D eigenvalue weighted by Crippen LogP contribution is -2.34. The van der Waals surface area contributed by atoms with Crippen LogP contribution in [0.25, 0.3) is 0 Å². The van der Waals surface area contributed by atoms with Crippen molar-refractivity contribution >= 4 is 51.1 Å². The first-order valence-electron chi connectivity index (χ1n) is 10.8. The Balaban J connectivity index is 1.56. The van der Waals surface area contributed by atoms with Crippen LogP contribution in [-0.4, -0.2) is 40.3 Å². The number of halogens is 3. The summed E-state index contributed by atoms with van der Waals surface area (Å²) in [6.07, 6.45) is -1.46. The molecule has 1 aliphatic heterocycles. The predicted molar refractivity (Wildman–Crippen MR) is 138 cm³/mol. The van der Waals surface area contributed by atoms with E-state index in [0.29, 0.717) is 10.0 Å². The van der Waals surface area contributed by atoms with E-state index in [4.69, 9.17) is 37.4 Å². The monoisotopic (exact) mass is 606 g/mol. The average molecular weight is 608 g/mol. The topological polar surface area (TPSA) is 117 Å². The van der Waals surface area contributed by atoms with E-state index in [1.165, 1.54) is 30.5 Å². The zero-order chi connectivity index (χ0) is 26.5. The first kappa shape index (κ1) is 26.7. The summed E-state index contributed by atoms with van der Waals surface area (Å²) in [4.78, 5) is 54.4. The minimum absolute atomic E-state index is 0.0207. The number of esters is 2. The maximum absolute atomic E-state index is 12.8. The summed E-state index contributed by atoms with van der Waals surface area (Å²) in [6, 6.07) is 12.2. The Hall–Kier alpha value is -3.36. The Morgan fingerprint density at radius 1 is 1.03 bits per heavy atom. The van der Waals surface area contributed by atoms with E-state index >= 15 is 0 Å². The second kappa shape index (κ2) is 11.8. The van der Waals surface area contributed by atoms with E-state index in [-0.39, 0.29) is 29.7 Å². The van der Waals surface area contributed by atoms with E-state index < -0.39 is 41.6 Å². The highest BCUT2D eigenvalue weighted by Crippen LogP contribution is 2.31. The molecule has 4 rings (SSSR count). The molecule has 0 radical (unpaired) electrons. The minimum atomic E-state index is -0.942. The van der Waals surface area contributed by atoms with Crippen molar-refractivity contribution in [2.45, 2.75) is 24.9 Å². The lowest BCUT2D eigenvalue weighted by Gasteiger charge is -2.19. The number of carbonyl (C=O) groups is 2. The van der Waals surface area contributed by atoms with E-state index in [9.17, 15) is 19.2 Å². The van der Waals surface area contributed by atoms with Gasteiger partial charge in [-0.15, -0.1) is 0 Å². The molecule has 1 N–H and O–H groups in total. The van der Waals surface area contributed by atoms with Crippen LogP contribution in [0.5, 0.6) is 0 Å². The van der Waals surface area contributed by atoms with Crippen molar-refractivity contribution in [3.8, 4) is 10.8 Å². The molecule has 9 nitrogen and oxygen atoms in total. The predicted octanol–water partition coefficient (Wildman–Crippen LogP) is 3.92. The van der Waals surface area contributed by atoms with Gasteiger partial charge >= 0.3 is 17.6 Å². The average Bonchev–Trinajstić information content (AvgIpc) is 3.27. The van der Waals surface area contributed by atoms with Crippen LogP contribution in [-0.2, 0) is 14.2 Å². The molecule has 2 aromatic carbocycles. The van der Waals surface area contributed by atoms with E-state index in [2.05, 4.69) is 31.7 Å². The summed E-state index contributed by atoms with van der Waals surface area (Å²) < 4.78 is 18.1. The number of aromatic amines is 1. The van der Waals surface area contributed by atoms with Crippen molar-refractivity contribution in [3.63, 3.8) is 0 Å². The molecule has 0 aliphatic carbocycles. The first-order valence-corrected chi connectivity index (χ1v) is 12.3. The SMILES string of the molecule is O=C(OC[C@H]1O[C@H](n2cc(C#CBr)c(=O)[nH]c2=O)C[C@@H]1OC(=O)c1ccc(Cl)cc1)c1ccc(Cl)cc1. The molecule has 1 fully saturated rings. The zero-order valence-electron chi connectivity index (χ0n) is 18.8. The maximum Gasteiger partial charge on any atom is 0.338 e. The molecule has 1 saturated heterocycles. The Kier molecular flexibility index (Phi) is 8.51. The summed E-state index contributed by atoms with van der Waals surface area (Å²) in [7, 11) is 0. The number of aromatic nitrogens is 2. The van der Waals surface area contributed by atoms with Crippen molar-refractivity contribution < 1.29 is 23.8 Å². The van der Waals surface area contributed by atoms with Crippen molar-refractivity contribution in [1.29, 1.82) is 0 Å². The highest BCUT2D eigenvalue weighted by atomic mass is 79.9. The van der Waals surface area contributed by atoms with Crippen LogP contribution in [0.4, 0.5) is 0 Å². The fraction of sp³-hybridized carbons (Fsp3) is 0.200. The third kappa shape index (κ3) is 6.50. The summed E-state index contributed by atoms with van der Waals surface area (Å²) in [5.74, 6) is 1.25. The van der Waals surface area contributed by atoms with E-state index in [1.54, 1.807) is 24.3 Å². The van der Waals surface area contributed by atoms with Crippen molar-refractivity contribution in [3.05, 3.63) is 102 Å². The largest absolute Gasteiger partial charge is 0.459 e. The van der Waals surface area contributed by atoms with Crippen LogP contribution in [0.15, 0.2) is 64.3 Å². The van der Waals surface area contributed by atoms with Crippen LogP contribution in [0.3, 0.4) is 0 Å². The quantitative estimate of drug-likeness (QED) is 0.333. The van der Waals surface area contributed by atoms with Crippen LogP contribution in [0.2, 0.25) is 10.0 Å². The molecule has 3 aromatic rings. The molecular weight excluding hydrogens is 591 g/mol. The Morgan fingerprint density at radius 3 is 2.22 bits per heavy atom. The minimum Gasteiger partial charge on any atom is -0.459 e. The Morgan fingerprint density at radius 2 is 1.62 bits per heavy atom.